The molecule has 3 nitrogen and oxygen atoms in total. The topological polar surface area (TPSA) is 43.4 Å². The fourth-order valence-corrected chi connectivity index (χ4v) is 1.94. The minimum absolute atomic E-state index is 0.166. The van der Waals surface area contributed by atoms with Gasteiger partial charge in [0.1, 0.15) is 0 Å². The zero-order chi connectivity index (χ0) is 16.3. The highest BCUT2D eigenvalue weighted by Gasteiger charge is 2.04. The van der Waals surface area contributed by atoms with Crippen LogP contribution in [0, 0.1) is 11.8 Å². The smallest absolute Gasteiger partial charge is 0.338 e. The Bertz CT molecular complexity index is 694. The van der Waals surface area contributed by atoms with Crippen molar-refractivity contribution in [1.82, 2.24) is 0 Å². The average Bonchev–Trinajstić information content (AvgIpc) is 2.62. The van der Waals surface area contributed by atoms with E-state index in [1.807, 2.05) is 24.3 Å². The molecule has 0 spiro atoms. The summed E-state index contributed by atoms with van der Waals surface area (Å²) in [5.41, 5.74) is 1.16. The fraction of sp³-hybridized carbons (Fsp3) is 0.200. The first kappa shape index (κ1) is 16.5. The number of ether oxygens (including phenoxy) is 1. The molecule has 2 aromatic rings. The minimum atomic E-state index is -0.309. The number of hydrogen-bond donors (Lipinski definition) is 0. The summed E-state index contributed by atoms with van der Waals surface area (Å²) in [7, 11) is 0. The first-order valence-corrected chi connectivity index (χ1v) is 7.58. The highest BCUT2D eigenvalue weighted by molar-refractivity contribution is 6.08. The first-order chi connectivity index (χ1) is 11.3. The van der Waals surface area contributed by atoms with E-state index < -0.39 is 0 Å². The molecule has 0 saturated carbocycles. The van der Waals surface area contributed by atoms with Gasteiger partial charge in [-0.2, -0.15) is 0 Å². The predicted molar refractivity (Wildman–Crippen MR) is 89.1 cm³/mol. The van der Waals surface area contributed by atoms with E-state index in [0.717, 1.165) is 12.8 Å². The lowest BCUT2D eigenvalue weighted by Gasteiger charge is -2.03. The third-order valence-corrected chi connectivity index (χ3v) is 3.18. The van der Waals surface area contributed by atoms with Crippen LogP contribution in [-0.4, -0.2) is 18.4 Å². The second-order valence-corrected chi connectivity index (χ2v) is 4.96. The Morgan fingerprint density at radius 2 is 1.43 bits per heavy atom. The summed E-state index contributed by atoms with van der Waals surface area (Å²) >= 11 is 0. The summed E-state index contributed by atoms with van der Waals surface area (Å²) in [6, 6.07) is 17.9. The van der Waals surface area contributed by atoms with E-state index in [4.69, 9.17) is 4.74 Å². The second-order valence-electron chi connectivity index (χ2n) is 4.96. The lowest BCUT2D eigenvalue weighted by Crippen LogP contribution is -2.06. The second kappa shape index (κ2) is 9.22. The van der Waals surface area contributed by atoms with E-state index in [9.17, 15) is 9.59 Å². The molecule has 0 aliphatic carbocycles. The van der Waals surface area contributed by atoms with E-state index in [1.54, 1.807) is 36.4 Å². The molecule has 3 heteroatoms. The number of esters is 1. The van der Waals surface area contributed by atoms with Crippen molar-refractivity contribution in [2.75, 3.05) is 6.61 Å². The maximum atomic E-state index is 11.7. The number of hydrogen-bond acceptors (Lipinski definition) is 3. The van der Waals surface area contributed by atoms with Crippen LogP contribution in [0.4, 0.5) is 0 Å². The van der Waals surface area contributed by atoms with Crippen molar-refractivity contribution in [1.29, 1.82) is 0 Å². The minimum Gasteiger partial charge on any atom is -0.462 e. The van der Waals surface area contributed by atoms with Gasteiger partial charge >= 0.3 is 5.97 Å². The van der Waals surface area contributed by atoms with Crippen LogP contribution < -0.4 is 0 Å². The van der Waals surface area contributed by atoms with Gasteiger partial charge in [0, 0.05) is 12.0 Å². The number of ketones is 1. The number of benzene rings is 2. The molecule has 0 aliphatic heterocycles. The van der Waals surface area contributed by atoms with Gasteiger partial charge in [0.15, 0.2) is 0 Å². The molecule has 0 radical (unpaired) electrons. The Morgan fingerprint density at radius 3 is 2.09 bits per heavy atom. The Kier molecular flexibility index (Phi) is 6.62. The van der Waals surface area contributed by atoms with Crippen molar-refractivity contribution >= 4 is 11.8 Å². The molecule has 0 heterocycles. The summed E-state index contributed by atoms with van der Waals surface area (Å²) in [6.45, 7) is 0.363. The molecule has 2 rings (SSSR count). The molecule has 0 fully saturated rings. The van der Waals surface area contributed by atoms with Crippen molar-refractivity contribution in [2.24, 2.45) is 0 Å². The Balaban J connectivity index is 1.62. The van der Waals surface area contributed by atoms with E-state index in [-0.39, 0.29) is 11.8 Å². The van der Waals surface area contributed by atoms with E-state index in [2.05, 4.69) is 11.8 Å². The zero-order valence-corrected chi connectivity index (χ0v) is 12.8. The molecule has 116 valence electrons. The van der Waals surface area contributed by atoms with Crippen LogP contribution in [0.25, 0.3) is 0 Å². The molecule has 0 saturated heterocycles. The maximum absolute atomic E-state index is 11.7. The fourth-order valence-electron chi connectivity index (χ4n) is 1.94. The summed E-state index contributed by atoms with van der Waals surface area (Å²) < 4.78 is 5.17. The van der Waals surface area contributed by atoms with Gasteiger partial charge in [0.25, 0.3) is 0 Å². The first-order valence-electron chi connectivity index (χ1n) is 7.58. The molecular weight excluding hydrogens is 288 g/mol. The summed E-state index contributed by atoms with van der Waals surface area (Å²) in [4.78, 5) is 23.4. The zero-order valence-electron chi connectivity index (χ0n) is 12.8. The molecular formula is C20H18O3. The van der Waals surface area contributed by atoms with Gasteiger partial charge in [-0.1, -0.05) is 54.5 Å². The van der Waals surface area contributed by atoms with Crippen molar-refractivity contribution in [3.8, 4) is 11.8 Å². The average molecular weight is 306 g/mol. The van der Waals surface area contributed by atoms with Gasteiger partial charge in [0.05, 0.1) is 12.2 Å². The van der Waals surface area contributed by atoms with Gasteiger partial charge in [-0.25, -0.2) is 4.79 Å². The van der Waals surface area contributed by atoms with Crippen LogP contribution in [0.3, 0.4) is 0 Å². The molecule has 2 aromatic carbocycles. The van der Waals surface area contributed by atoms with Gasteiger partial charge in [-0.3, -0.25) is 4.79 Å². The lowest BCUT2D eigenvalue weighted by atomic mass is 10.1. The Morgan fingerprint density at radius 1 is 0.826 bits per heavy atom. The highest BCUT2D eigenvalue weighted by atomic mass is 16.5. The van der Waals surface area contributed by atoms with Crippen LogP contribution in [0.2, 0.25) is 0 Å². The number of Topliss-reactive ketones (excluding diaryl/α,β-unsaturated/α-hetero) is 1. The van der Waals surface area contributed by atoms with Crippen LogP contribution in [-0.2, 0) is 4.74 Å². The lowest BCUT2D eigenvalue weighted by molar-refractivity contribution is 0.0498. The quantitative estimate of drug-likeness (QED) is 0.267. The summed E-state index contributed by atoms with van der Waals surface area (Å²) in [5, 5.41) is 0. The van der Waals surface area contributed by atoms with Gasteiger partial charge in [-0.05, 0) is 30.9 Å². The predicted octanol–water partition coefficient (Wildman–Crippen LogP) is 3.90. The Hall–Kier alpha value is -2.86. The largest absolute Gasteiger partial charge is 0.462 e. The third kappa shape index (κ3) is 5.80. The van der Waals surface area contributed by atoms with Gasteiger partial charge < -0.3 is 4.74 Å². The molecule has 0 unspecified atom stereocenters. The van der Waals surface area contributed by atoms with Crippen molar-refractivity contribution in [3.63, 3.8) is 0 Å². The molecule has 0 amide bonds. The Labute approximate surface area is 136 Å². The third-order valence-electron chi connectivity index (χ3n) is 3.18. The van der Waals surface area contributed by atoms with Crippen LogP contribution in [0.1, 0.15) is 40.0 Å². The molecule has 0 atom stereocenters. The molecule has 0 N–H and O–H groups in total. The van der Waals surface area contributed by atoms with Crippen molar-refractivity contribution in [2.45, 2.75) is 19.3 Å². The van der Waals surface area contributed by atoms with Gasteiger partial charge in [-0.15, -0.1) is 0 Å². The number of unbranched alkanes of at least 4 members (excludes halogenated alkanes) is 2. The van der Waals surface area contributed by atoms with E-state index in [0.29, 0.717) is 24.2 Å². The number of carbonyl (C=O) groups is 2. The van der Waals surface area contributed by atoms with Crippen molar-refractivity contribution in [3.05, 3.63) is 71.8 Å². The maximum Gasteiger partial charge on any atom is 0.338 e. The number of rotatable bonds is 6. The molecule has 0 aromatic heterocycles. The molecule has 0 aliphatic rings. The SMILES string of the molecule is O=C(C#CCCCCOC(=O)c1ccccc1)c1ccccc1. The highest BCUT2D eigenvalue weighted by Crippen LogP contribution is 2.03. The van der Waals surface area contributed by atoms with Crippen molar-refractivity contribution < 1.29 is 14.3 Å². The summed E-state index contributed by atoms with van der Waals surface area (Å²) in [5.74, 6) is 5.02. The van der Waals surface area contributed by atoms with Crippen LogP contribution in [0.15, 0.2) is 60.7 Å². The van der Waals surface area contributed by atoms with Crippen LogP contribution in [0.5, 0.6) is 0 Å². The monoisotopic (exact) mass is 306 g/mol. The van der Waals surface area contributed by atoms with E-state index >= 15 is 0 Å². The number of carbonyl (C=O) groups excluding carboxylic acids is 2. The summed E-state index contributed by atoms with van der Waals surface area (Å²) in [6.07, 6.45) is 2.13. The molecule has 0 bridgehead atoms. The standard InChI is InChI=1S/C20H18O3/c21-19(17-11-5-3-6-12-17)15-9-1-2-10-16-23-20(22)18-13-7-4-8-14-18/h3-8,11-14H,1-2,10,16H2. The molecule has 23 heavy (non-hydrogen) atoms. The van der Waals surface area contributed by atoms with Crippen LogP contribution >= 0.6 is 0 Å². The van der Waals surface area contributed by atoms with Gasteiger partial charge in [0.2, 0.25) is 5.78 Å². The normalized spacial score (nSPS) is 9.57. The van der Waals surface area contributed by atoms with E-state index in [1.165, 1.54) is 0 Å².